The molecular formula is C30H36F2N6O3. The molecule has 0 radical (unpaired) electrons. The van der Waals surface area contributed by atoms with Crippen LogP contribution in [0.25, 0.3) is 11.1 Å². The molecule has 11 heteroatoms. The number of amides is 1. The summed E-state index contributed by atoms with van der Waals surface area (Å²) in [5.41, 5.74) is 8.18. The summed E-state index contributed by atoms with van der Waals surface area (Å²) in [5, 5.41) is 0. The molecule has 2 N–H and O–H groups in total. The standard InChI is InChI=1S/C30H36F2N6O3/c1-18(2)40-30(39)37-10-8-20(9-11-37)19(3)41-28-7-4-21(13-34-28)22-14-35-29(36-15-22)38-16-25(27(33)17-38)24-12-23(31)5-6-26(24)32/h4-7,12-15,18-20,25,27H,8-11,16-17,33H2,1-3H3/t19-,25+,27-/m0/s1. The maximum atomic E-state index is 14.3. The number of hydrogen-bond acceptors (Lipinski definition) is 8. The number of halogens is 2. The van der Waals surface area contributed by atoms with Gasteiger partial charge >= 0.3 is 6.09 Å². The lowest BCUT2D eigenvalue weighted by atomic mass is 9.92. The minimum absolute atomic E-state index is 0.0456. The quantitative estimate of drug-likeness (QED) is 0.436. The van der Waals surface area contributed by atoms with Crippen LogP contribution in [0.4, 0.5) is 19.5 Å². The summed E-state index contributed by atoms with van der Waals surface area (Å²) < 4.78 is 39.5. The van der Waals surface area contributed by atoms with Gasteiger partial charge in [0, 0.05) is 73.9 Å². The summed E-state index contributed by atoms with van der Waals surface area (Å²) in [6, 6.07) is 6.81. The zero-order chi connectivity index (χ0) is 29.1. The van der Waals surface area contributed by atoms with Crippen molar-refractivity contribution in [1.82, 2.24) is 19.9 Å². The van der Waals surface area contributed by atoms with Crippen LogP contribution in [0.3, 0.4) is 0 Å². The molecule has 2 aliphatic rings. The molecule has 218 valence electrons. The van der Waals surface area contributed by atoms with Crippen LogP contribution in [0.15, 0.2) is 48.9 Å². The van der Waals surface area contributed by atoms with Crippen LogP contribution in [0.2, 0.25) is 0 Å². The van der Waals surface area contributed by atoms with E-state index in [1.165, 1.54) is 6.07 Å². The van der Waals surface area contributed by atoms with Crippen molar-refractivity contribution in [2.24, 2.45) is 11.7 Å². The smallest absolute Gasteiger partial charge is 0.410 e. The Morgan fingerprint density at radius 2 is 1.68 bits per heavy atom. The topological polar surface area (TPSA) is 107 Å². The van der Waals surface area contributed by atoms with Gasteiger partial charge in [0.15, 0.2) is 0 Å². The van der Waals surface area contributed by atoms with Crippen LogP contribution in [-0.2, 0) is 4.74 Å². The van der Waals surface area contributed by atoms with Crippen molar-refractivity contribution >= 4 is 12.0 Å². The number of nitrogens with zero attached hydrogens (tertiary/aromatic N) is 5. The monoisotopic (exact) mass is 566 g/mol. The lowest BCUT2D eigenvalue weighted by Gasteiger charge is -2.34. The van der Waals surface area contributed by atoms with Crippen LogP contribution in [-0.4, -0.2) is 70.4 Å². The van der Waals surface area contributed by atoms with E-state index in [-0.39, 0.29) is 35.8 Å². The molecule has 0 unspecified atom stereocenters. The summed E-state index contributed by atoms with van der Waals surface area (Å²) in [4.78, 5) is 29.3. The fourth-order valence-corrected chi connectivity index (χ4v) is 5.49. The Kier molecular flexibility index (Phi) is 8.63. The highest BCUT2D eigenvalue weighted by Gasteiger charge is 2.34. The average molecular weight is 567 g/mol. The Hall–Kier alpha value is -3.86. The van der Waals surface area contributed by atoms with Gasteiger partial charge in [-0.1, -0.05) is 0 Å². The van der Waals surface area contributed by atoms with Crippen LogP contribution in [0, 0.1) is 17.6 Å². The van der Waals surface area contributed by atoms with E-state index in [0.717, 1.165) is 36.1 Å². The van der Waals surface area contributed by atoms with Crippen molar-refractivity contribution in [3.05, 3.63) is 66.1 Å². The van der Waals surface area contributed by atoms with Crippen LogP contribution < -0.4 is 15.4 Å². The van der Waals surface area contributed by atoms with Crippen molar-refractivity contribution in [3.63, 3.8) is 0 Å². The highest BCUT2D eigenvalue weighted by atomic mass is 19.1. The van der Waals surface area contributed by atoms with E-state index >= 15 is 0 Å². The SMILES string of the molecule is CC(C)OC(=O)N1CCC([C@H](C)Oc2ccc(-c3cnc(N4C[C@H](c5cc(F)ccc5F)[C@@H](N)C4)nc3)cn2)CC1. The third-order valence-electron chi connectivity index (χ3n) is 7.82. The Labute approximate surface area is 238 Å². The highest BCUT2D eigenvalue weighted by molar-refractivity contribution is 5.67. The van der Waals surface area contributed by atoms with Gasteiger partial charge in [-0.15, -0.1) is 0 Å². The van der Waals surface area contributed by atoms with Gasteiger partial charge < -0.3 is 25.0 Å². The first-order chi connectivity index (χ1) is 19.7. The molecule has 4 heterocycles. The summed E-state index contributed by atoms with van der Waals surface area (Å²) in [6.45, 7) is 7.87. The van der Waals surface area contributed by atoms with E-state index in [4.69, 9.17) is 15.2 Å². The molecule has 5 rings (SSSR count). The lowest BCUT2D eigenvalue weighted by molar-refractivity contribution is 0.0486. The molecule has 3 aromatic rings. The third-order valence-corrected chi connectivity index (χ3v) is 7.82. The Balaban J connectivity index is 1.15. The lowest BCUT2D eigenvalue weighted by Crippen LogP contribution is -2.42. The van der Waals surface area contributed by atoms with E-state index in [0.29, 0.717) is 43.9 Å². The number of likely N-dealkylation sites (tertiary alicyclic amines) is 1. The zero-order valence-corrected chi connectivity index (χ0v) is 23.5. The molecule has 0 spiro atoms. The molecule has 41 heavy (non-hydrogen) atoms. The van der Waals surface area contributed by atoms with E-state index in [9.17, 15) is 13.6 Å². The number of carbonyl (C=O) groups excluding carboxylic acids is 1. The molecule has 0 saturated carbocycles. The molecule has 9 nitrogen and oxygen atoms in total. The van der Waals surface area contributed by atoms with Crippen molar-refractivity contribution < 1.29 is 23.0 Å². The Morgan fingerprint density at radius 1 is 0.976 bits per heavy atom. The summed E-state index contributed by atoms with van der Waals surface area (Å²) in [7, 11) is 0. The number of nitrogens with two attached hydrogens (primary N) is 1. The predicted molar refractivity (Wildman–Crippen MR) is 151 cm³/mol. The maximum Gasteiger partial charge on any atom is 0.410 e. The third kappa shape index (κ3) is 6.73. The number of rotatable bonds is 7. The largest absolute Gasteiger partial charge is 0.474 e. The molecule has 2 saturated heterocycles. The maximum absolute atomic E-state index is 14.3. The van der Waals surface area contributed by atoms with E-state index in [1.807, 2.05) is 37.8 Å². The van der Waals surface area contributed by atoms with Gasteiger partial charge in [0.1, 0.15) is 17.7 Å². The molecular weight excluding hydrogens is 530 g/mol. The minimum atomic E-state index is -0.488. The molecule has 0 bridgehead atoms. The van der Waals surface area contributed by atoms with Gasteiger partial charge in [0.05, 0.1) is 6.10 Å². The van der Waals surface area contributed by atoms with Gasteiger partial charge in [0.25, 0.3) is 0 Å². The fourth-order valence-electron chi connectivity index (χ4n) is 5.49. The Morgan fingerprint density at radius 3 is 2.34 bits per heavy atom. The first kappa shape index (κ1) is 28.7. The molecule has 2 aromatic heterocycles. The van der Waals surface area contributed by atoms with Gasteiger partial charge in [-0.3, -0.25) is 0 Å². The summed E-state index contributed by atoms with van der Waals surface area (Å²) in [6.07, 6.45) is 6.40. The first-order valence-corrected chi connectivity index (χ1v) is 14.0. The second kappa shape index (κ2) is 12.3. The number of benzene rings is 1. The highest BCUT2D eigenvalue weighted by Crippen LogP contribution is 2.31. The van der Waals surface area contributed by atoms with Gasteiger partial charge in [-0.25, -0.2) is 28.5 Å². The molecule has 1 aromatic carbocycles. The molecule has 1 amide bonds. The fraction of sp³-hybridized carbons (Fsp3) is 0.467. The van der Waals surface area contributed by atoms with E-state index in [2.05, 4.69) is 15.0 Å². The minimum Gasteiger partial charge on any atom is -0.474 e. The normalized spacial score (nSPS) is 20.4. The molecule has 2 aliphatic heterocycles. The summed E-state index contributed by atoms with van der Waals surface area (Å²) in [5.74, 6) is 0.0146. The summed E-state index contributed by atoms with van der Waals surface area (Å²) >= 11 is 0. The van der Waals surface area contributed by atoms with Crippen molar-refractivity contribution in [3.8, 4) is 17.0 Å². The van der Waals surface area contributed by atoms with Crippen LogP contribution in [0.5, 0.6) is 5.88 Å². The molecule has 0 aliphatic carbocycles. The van der Waals surface area contributed by atoms with Gasteiger partial charge in [-0.2, -0.15) is 0 Å². The number of hydrogen-bond donors (Lipinski definition) is 1. The second-order valence-corrected chi connectivity index (χ2v) is 11.1. The van der Waals surface area contributed by atoms with Gasteiger partial charge in [-0.05, 0) is 69.4 Å². The average Bonchev–Trinajstić information content (AvgIpc) is 3.35. The van der Waals surface area contributed by atoms with Crippen LogP contribution >= 0.6 is 0 Å². The number of anilines is 1. The molecule has 3 atom stereocenters. The van der Waals surface area contributed by atoms with Crippen molar-refractivity contribution in [2.75, 3.05) is 31.1 Å². The van der Waals surface area contributed by atoms with Crippen molar-refractivity contribution in [1.29, 1.82) is 0 Å². The number of piperidine rings is 1. The number of ether oxygens (including phenoxy) is 2. The van der Waals surface area contributed by atoms with Crippen LogP contribution in [0.1, 0.15) is 45.1 Å². The molecule has 2 fully saturated rings. The van der Waals surface area contributed by atoms with E-state index in [1.54, 1.807) is 23.5 Å². The van der Waals surface area contributed by atoms with E-state index < -0.39 is 11.6 Å². The zero-order valence-electron chi connectivity index (χ0n) is 23.5. The Bertz CT molecular complexity index is 1330. The number of carbonyl (C=O) groups is 1. The first-order valence-electron chi connectivity index (χ1n) is 14.0. The predicted octanol–water partition coefficient (Wildman–Crippen LogP) is 4.77. The van der Waals surface area contributed by atoms with Gasteiger partial charge in [0.2, 0.25) is 11.8 Å². The number of pyridine rings is 1. The van der Waals surface area contributed by atoms with Crippen molar-refractivity contribution in [2.45, 2.75) is 57.8 Å². The number of aromatic nitrogens is 3. The second-order valence-electron chi connectivity index (χ2n) is 11.1.